The van der Waals surface area contributed by atoms with Gasteiger partial charge < -0.3 is 15.4 Å². The van der Waals surface area contributed by atoms with E-state index in [4.69, 9.17) is 16.3 Å². The highest BCUT2D eigenvalue weighted by Crippen LogP contribution is 2.21. The molecular formula is C13H19ClN2O3S. The predicted octanol–water partition coefficient (Wildman–Crippen LogP) is 1.39. The van der Waals surface area contributed by atoms with Crippen molar-refractivity contribution in [1.29, 1.82) is 0 Å². The Morgan fingerprint density at radius 1 is 1.45 bits per heavy atom. The molecule has 0 saturated carbocycles. The van der Waals surface area contributed by atoms with Gasteiger partial charge >= 0.3 is 0 Å². The summed E-state index contributed by atoms with van der Waals surface area (Å²) in [6, 6.07) is 5.16. The Kier molecular flexibility index (Phi) is 7.76. The summed E-state index contributed by atoms with van der Waals surface area (Å²) in [6.07, 6.45) is 1.61. The van der Waals surface area contributed by atoms with Crippen LogP contribution in [0.2, 0.25) is 5.02 Å². The summed E-state index contributed by atoms with van der Waals surface area (Å²) in [7, 11) is 0.627. The minimum Gasteiger partial charge on any atom is -0.383 e. The number of carbonyl (C=O) groups is 1. The number of anilines is 1. The summed E-state index contributed by atoms with van der Waals surface area (Å²) in [5, 5.41) is 6.26. The van der Waals surface area contributed by atoms with Crippen molar-refractivity contribution in [1.82, 2.24) is 5.32 Å². The number of carbonyl (C=O) groups excluding carboxylic acids is 1. The van der Waals surface area contributed by atoms with Gasteiger partial charge in [0, 0.05) is 47.2 Å². The number of rotatable bonds is 8. The van der Waals surface area contributed by atoms with Gasteiger partial charge in [0.15, 0.2) is 0 Å². The van der Waals surface area contributed by atoms with Crippen LogP contribution in [0.1, 0.15) is 5.56 Å². The van der Waals surface area contributed by atoms with E-state index in [1.807, 2.05) is 0 Å². The molecule has 1 aromatic carbocycles. The Balaban J connectivity index is 2.54. The predicted molar refractivity (Wildman–Crippen MR) is 82.6 cm³/mol. The van der Waals surface area contributed by atoms with Crippen LogP contribution < -0.4 is 10.6 Å². The molecule has 7 heteroatoms. The number of halogens is 1. The summed E-state index contributed by atoms with van der Waals surface area (Å²) in [5.41, 5.74) is 1.41. The average Bonchev–Trinajstić information content (AvgIpc) is 2.38. The Morgan fingerprint density at radius 2 is 2.20 bits per heavy atom. The molecular weight excluding hydrogens is 300 g/mol. The molecule has 0 bridgehead atoms. The zero-order valence-corrected chi connectivity index (χ0v) is 13.1. The SMILES string of the molecule is COCCNCC(=O)Nc1ccc(Cl)c(CS(C)=O)c1. The van der Waals surface area contributed by atoms with Crippen molar-refractivity contribution in [3.05, 3.63) is 28.8 Å². The lowest BCUT2D eigenvalue weighted by Crippen LogP contribution is -2.30. The van der Waals surface area contributed by atoms with E-state index in [9.17, 15) is 9.00 Å². The van der Waals surface area contributed by atoms with E-state index in [2.05, 4.69) is 10.6 Å². The quantitative estimate of drug-likeness (QED) is 0.711. The highest BCUT2D eigenvalue weighted by Gasteiger charge is 2.06. The second-order valence-corrected chi connectivity index (χ2v) is 6.08. The smallest absolute Gasteiger partial charge is 0.238 e. The molecule has 0 heterocycles. The van der Waals surface area contributed by atoms with Gasteiger partial charge in [-0.25, -0.2) is 0 Å². The number of ether oxygens (including phenoxy) is 1. The molecule has 2 N–H and O–H groups in total. The first-order chi connectivity index (χ1) is 9.52. The van der Waals surface area contributed by atoms with Gasteiger partial charge in [-0.2, -0.15) is 0 Å². The largest absolute Gasteiger partial charge is 0.383 e. The van der Waals surface area contributed by atoms with Crippen molar-refractivity contribution in [2.45, 2.75) is 5.75 Å². The molecule has 0 aliphatic heterocycles. The topological polar surface area (TPSA) is 67.4 Å². The van der Waals surface area contributed by atoms with E-state index >= 15 is 0 Å². The zero-order chi connectivity index (χ0) is 15.0. The fraction of sp³-hybridized carbons (Fsp3) is 0.462. The average molecular weight is 319 g/mol. The minimum absolute atomic E-state index is 0.146. The lowest BCUT2D eigenvalue weighted by Gasteiger charge is -2.09. The van der Waals surface area contributed by atoms with Crippen LogP contribution in [0.3, 0.4) is 0 Å². The van der Waals surface area contributed by atoms with Crippen LogP contribution in [0.5, 0.6) is 0 Å². The zero-order valence-electron chi connectivity index (χ0n) is 11.6. The Hall–Kier alpha value is -0.950. The van der Waals surface area contributed by atoms with Gasteiger partial charge in [-0.15, -0.1) is 0 Å². The van der Waals surface area contributed by atoms with Crippen molar-refractivity contribution in [2.75, 3.05) is 38.4 Å². The lowest BCUT2D eigenvalue weighted by atomic mass is 10.2. The molecule has 1 aromatic rings. The normalized spacial score (nSPS) is 12.2. The van der Waals surface area contributed by atoms with Crippen LogP contribution in [0.4, 0.5) is 5.69 Å². The maximum Gasteiger partial charge on any atom is 0.238 e. The Labute approximate surface area is 126 Å². The molecule has 0 fully saturated rings. The van der Waals surface area contributed by atoms with E-state index < -0.39 is 10.8 Å². The van der Waals surface area contributed by atoms with Crippen molar-refractivity contribution in [3.63, 3.8) is 0 Å². The molecule has 0 aliphatic carbocycles. The van der Waals surface area contributed by atoms with Crippen molar-refractivity contribution < 1.29 is 13.7 Å². The standard InChI is InChI=1S/C13H19ClN2O3S/c1-19-6-5-15-8-13(17)16-11-3-4-12(14)10(7-11)9-20(2)18/h3-4,7,15H,5-6,8-9H2,1-2H3,(H,16,17). The summed E-state index contributed by atoms with van der Waals surface area (Å²) in [6.45, 7) is 1.38. The molecule has 0 aliphatic rings. The number of nitrogens with one attached hydrogen (secondary N) is 2. The first-order valence-electron chi connectivity index (χ1n) is 6.11. The third kappa shape index (κ3) is 6.47. The molecule has 0 aromatic heterocycles. The lowest BCUT2D eigenvalue weighted by molar-refractivity contribution is -0.115. The van der Waals surface area contributed by atoms with Crippen LogP contribution >= 0.6 is 11.6 Å². The first kappa shape index (κ1) is 17.1. The van der Waals surface area contributed by atoms with Crippen LogP contribution in [-0.2, 0) is 26.1 Å². The molecule has 1 unspecified atom stereocenters. The summed E-state index contributed by atoms with van der Waals surface area (Å²) < 4.78 is 16.1. The van der Waals surface area contributed by atoms with E-state index in [1.54, 1.807) is 31.6 Å². The number of hydrogen-bond acceptors (Lipinski definition) is 4. The van der Waals surface area contributed by atoms with E-state index in [1.165, 1.54) is 0 Å². The molecule has 1 amide bonds. The van der Waals surface area contributed by atoms with Crippen LogP contribution in [0.25, 0.3) is 0 Å². The molecule has 112 valence electrons. The van der Waals surface area contributed by atoms with Crippen molar-refractivity contribution in [3.8, 4) is 0 Å². The van der Waals surface area contributed by atoms with Gasteiger partial charge in [-0.05, 0) is 23.8 Å². The fourth-order valence-electron chi connectivity index (χ4n) is 1.56. The van der Waals surface area contributed by atoms with E-state index in [0.717, 1.165) is 5.56 Å². The van der Waals surface area contributed by atoms with Crippen LogP contribution in [0, 0.1) is 0 Å². The third-order valence-corrected chi connectivity index (χ3v) is 3.54. The number of hydrogen-bond donors (Lipinski definition) is 2. The molecule has 0 radical (unpaired) electrons. The third-order valence-electron chi connectivity index (χ3n) is 2.46. The van der Waals surface area contributed by atoms with Gasteiger partial charge in [-0.1, -0.05) is 11.6 Å². The fourth-order valence-corrected chi connectivity index (χ4v) is 2.50. The van der Waals surface area contributed by atoms with Gasteiger partial charge in [0.1, 0.15) is 0 Å². The summed E-state index contributed by atoms with van der Waals surface area (Å²) in [4.78, 5) is 11.7. The summed E-state index contributed by atoms with van der Waals surface area (Å²) in [5.74, 6) is 0.223. The van der Waals surface area contributed by atoms with Gasteiger partial charge in [0.05, 0.1) is 13.2 Å². The number of amides is 1. The van der Waals surface area contributed by atoms with Gasteiger partial charge in [-0.3, -0.25) is 9.00 Å². The van der Waals surface area contributed by atoms with E-state index in [-0.39, 0.29) is 12.5 Å². The highest BCUT2D eigenvalue weighted by molar-refractivity contribution is 7.83. The maximum atomic E-state index is 11.7. The molecule has 1 rings (SSSR count). The van der Waals surface area contributed by atoms with Crippen LogP contribution in [0.15, 0.2) is 18.2 Å². The molecule has 0 saturated heterocycles. The number of methoxy groups -OCH3 is 1. The van der Waals surface area contributed by atoms with Crippen LogP contribution in [-0.4, -0.2) is 43.2 Å². The molecule has 0 spiro atoms. The van der Waals surface area contributed by atoms with E-state index in [0.29, 0.717) is 29.6 Å². The van der Waals surface area contributed by atoms with Crippen molar-refractivity contribution in [2.24, 2.45) is 0 Å². The Bertz CT molecular complexity index is 483. The Morgan fingerprint density at radius 3 is 2.85 bits per heavy atom. The maximum absolute atomic E-state index is 11.7. The first-order valence-corrected chi connectivity index (χ1v) is 8.21. The number of benzene rings is 1. The van der Waals surface area contributed by atoms with Gasteiger partial charge in [0.25, 0.3) is 0 Å². The second kappa shape index (κ2) is 9.07. The van der Waals surface area contributed by atoms with Crippen molar-refractivity contribution >= 4 is 34.0 Å². The highest BCUT2D eigenvalue weighted by atomic mass is 35.5. The minimum atomic E-state index is -0.978. The second-order valence-electron chi connectivity index (χ2n) is 4.24. The molecule has 20 heavy (non-hydrogen) atoms. The monoisotopic (exact) mass is 318 g/mol. The van der Waals surface area contributed by atoms with Gasteiger partial charge in [0.2, 0.25) is 5.91 Å². The molecule has 5 nitrogen and oxygen atoms in total. The summed E-state index contributed by atoms with van der Waals surface area (Å²) >= 11 is 6.02. The molecule has 1 atom stereocenters.